The van der Waals surface area contributed by atoms with Crippen LogP contribution in [0.4, 0.5) is 5.69 Å². The second kappa shape index (κ2) is 9.19. The van der Waals surface area contributed by atoms with Gasteiger partial charge in [-0.3, -0.25) is 19.3 Å². The number of sulfonamides is 1. The lowest BCUT2D eigenvalue weighted by atomic mass is 10.1. The van der Waals surface area contributed by atoms with Crippen molar-refractivity contribution >= 4 is 27.5 Å². The Hall–Kier alpha value is -3.72. The Morgan fingerprint density at radius 1 is 0.933 bits per heavy atom. The Balaban J connectivity index is 1.75. The summed E-state index contributed by atoms with van der Waals surface area (Å²) in [7, 11) is -2.44. The van der Waals surface area contributed by atoms with Crippen LogP contribution in [0.25, 0.3) is 0 Å². The van der Waals surface area contributed by atoms with Crippen LogP contribution in [-0.2, 0) is 16.6 Å². The zero-order valence-electron chi connectivity index (χ0n) is 16.1. The molecule has 0 aliphatic heterocycles. The van der Waals surface area contributed by atoms with Crippen molar-refractivity contribution in [2.45, 2.75) is 11.4 Å². The molecule has 30 heavy (non-hydrogen) atoms. The predicted molar refractivity (Wildman–Crippen MR) is 112 cm³/mol. The molecule has 0 aliphatic rings. The summed E-state index contributed by atoms with van der Waals surface area (Å²) in [6.07, 6.45) is 2.91. The summed E-state index contributed by atoms with van der Waals surface area (Å²) in [6, 6.07) is 15.9. The van der Waals surface area contributed by atoms with Crippen molar-refractivity contribution in [3.8, 4) is 0 Å². The molecule has 2 amide bonds. The molecule has 0 atom stereocenters. The largest absolute Gasteiger partial charge is 0.355 e. The smallest absolute Gasteiger partial charge is 0.262 e. The Morgan fingerprint density at radius 2 is 1.67 bits per heavy atom. The van der Waals surface area contributed by atoms with Crippen molar-refractivity contribution in [1.82, 2.24) is 15.6 Å². The molecular formula is C21H20N4O4S. The zero-order chi connectivity index (χ0) is 21.6. The van der Waals surface area contributed by atoms with E-state index in [0.29, 0.717) is 11.3 Å². The molecule has 8 nitrogen and oxygen atoms in total. The molecule has 3 rings (SSSR count). The molecule has 9 heteroatoms. The first kappa shape index (κ1) is 21.0. The van der Waals surface area contributed by atoms with Crippen LogP contribution in [0.3, 0.4) is 0 Å². The second-order valence-corrected chi connectivity index (χ2v) is 7.95. The van der Waals surface area contributed by atoms with E-state index in [1.165, 1.54) is 24.5 Å². The third-order valence-electron chi connectivity index (χ3n) is 4.23. The lowest BCUT2D eigenvalue weighted by Gasteiger charge is -2.12. The van der Waals surface area contributed by atoms with Crippen molar-refractivity contribution in [3.63, 3.8) is 0 Å². The molecule has 3 aromatic rings. The molecular weight excluding hydrogens is 404 g/mol. The number of hydrogen-bond donors (Lipinski definition) is 3. The first-order chi connectivity index (χ1) is 14.4. The predicted octanol–water partition coefficient (Wildman–Crippen LogP) is 2.17. The fourth-order valence-corrected chi connectivity index (χ4v) is 3.97. The molecule has 3 N–H and O–H groups in total. The summed E-state index contributed by atoms with van der Waals surface area (Å²) in [5, 5.41) is 5.24. The van der Waals surface area contributed by atoms with E-state index in [0.717, 1.165) is 5.56 Å². The number of hydrogen-bond acceptors (Lipinski definition) is 5. The molecule has 0 saturated heterocycles. The van der Waals surface area contributed by atoms with Gasteiger partial charge in [0.2, 0.25) is 0 Å². The topological polar surface area (TPSA) is 117 Å². The van der Waals surface area contributed by atoms with Crippen LogP contribution < -0.4 is 15.4 Å². The third-order valence-corrected chi connectivity index (χ3v) is 5.67. The van der Waals surface area contributed by atoms with Gasteiger partial charge in [0.05, 0.1) is 17.4 Å². The average Bonchev–Trinajstić information content (AvgIpc) is 2.77. The molecule has 0 spiro atoms. The monoisotopic (exact) mass is 424 g/mol. The van der Waals surface area contributed by atoms with Crippen LogP contribution in [0.15, 0.2) is 78.0 Å². The zero-order valence-corrected chi connectivity index (χ0v) is 16.9. The van der Waals surface area contributed by atoms with E-state index in [-0.39, 0.29) is 22.9 Å². The van der Waals surface area contributed by atoms with Gasteiger partial charge in [-0.1, -0.05) is 24.3 Å². The van der Waals surface area contributed by atoms with Crippen molar-refractivity contribution in [2.75, 3.05) is 11.8 Å². The van der Waals surface area contributed by atoms with E-state index >= 15 is 0 Å². The fourth-order valence-electron chi connectivity index (χ4n) is 2.72. The Morgan fingerprint density at radius 3 is 2.33 bits per heavy atom. The first-order valence-electron chi connectivity index (χ1n) is 9.02. The number of anilines is 1. The van der Waals surface area contributed by atoms with E-state index in [1.807, 2.05) is 0 Å². The number of pyridine rings is 1. The number of benzene rings is 2. The van der Waals surface area contributed by atoms with Gasteiger partial charge in [0.1, 0.15) is 4.90 Å². The number of carbonyl (C=O) groups excluding carboxylic acids is 2. The molecule has 154 valence electrons. The van der Waals surface area contributed by atoms with Crippen molar-refractivity contribution in [3.05, 3.63) is 89.7 Å². The molecule has 2 aromatic carbocycles. The van der Waals surface area contributed by atoms with E-state index in [2.05, 4.69) is 20.3 Å². The van der Waals surface area contributed by atoms with Gasteiger partial charge in [-0.2, -0.15) is 0 Å². The average molecular weight is 424 g/mol. The summed E-state index contributed by atoms with van der Waals surface area (Å²) in [5.41, 5.74) is 1.59. The molecule has 0 saturated carbocycles. The highest BCUT2D eigenvalue weighted by atomic mass is 32.2. The highest BCUT2D eigenvalue weighted by molar-refractivity contribution is 7.92. The van der Waals surface area contributed by atoms with Crippen molar-refractivity contribution < 1.29 is 18.0 Å². The molecule has 1 heterocycles. The molecule has 0 bridgehead atoms. The number of carbonyl (C=O) groups is 2. The van der Waals surface area contributed by atoms with Crippen LogP contribution in [0.1, 0.15) is 26.3 Å². The van der Waals surface area contributed by atoms with Gasteiger partial charge in [-0.15, -0.1) is 0 Å². The molecule has 0 fully saturated rings. The minimum Gasteiger partial charge on any atom is -0.355 e. The van der Waals surface area contributed by atoms with Gasteiger partial charge in [0.25, 0.3) is 21.8 Å². The maximum absolute atomic E-state index is 12.8. The molecule has 0 aliphatic carbocycles. The highest BCUT2D eigenvalue weighted by Gasteiger charge is 2.22. The Kier molecular flexibility index (Phi) is 6.43. The SMILES string of the molecule is CNC(=O)c1ccc(CNC(=O)c2ccccc2S(=O)(=O)Nc2cccnc2)cc1. The van der Waals surface area contributed by atoms with Gasteiger partial charge >= 0.3 is 0 Å². The normalized spacial score (nSPS) is 10.8. The summed E-state index contributed by atoms with van der Waals surface area (Å²) in [4.78, 5) is 28.0. The van der Waals surface area contributed by atoms with E-state index in [4.69, 9.17) is 0 Å². The standard InChI is InChI=1S/C21H20N4O4S/c1-22-20(26)16-10-8-15(9-11-16)13-24-21(27)18-6-2-3-7-19(18)30(28,29)25-17-5-4-12-23-14-17/h2-12,14,25H,13H2,1H3,(H,22,26)(H,24,27). The summed E-state index contributed by atoms with van der Waals surface area (Å²) in [6.45, 7) is 0.178. The summed E-state index contributed by atoms with van der Waals surface area (Å²) >= 11 is 0. The van der Waals surface area contributed by atoms with Gasteiger partial charge in [0, 0.05) is 25.4 Å². The fraction of sp³-hybridized carbons (Fsp3) is 0.0952. The number of amides is 2. The van der Waals surface area contributed by atoms with Crippen LogP contribution in [0.2, 0.25) is 0 Å². The number of nitrogens with zero attached hydrogens (tertiary/aromatic N) is 1. The maximum atomic E-state index is 12.8. The van der Waals surface area contributed by atoms with Gasteiger partial charge in [-0.05, 0) is 42.0 Å². The maximum Gasteiger partial charge on any atom is 0.262 e. The molecule has 1 aromatic heterocycles. The number of aromatic nitrogens is 1. The van der Waals surface area contributed by atoms with Crippen LogP contribution in [-0.4, -0.2) is 32.3 Å². The lowest BCUT2D eigenvalue weighted by Crippen LogP contribution is -2.26. The van der Waals surface area contributed by atoms with E-state index in [9.17, 15) is 18.0 Å². The quantitative estimate of drug-likeness (QED) is 0.537. The second-order valence-electron chi connectivity index (χ2n) is 6.30. The Labute approximate surface area is 174 Å². The molecule has 0 unspecified atom stereocenters. The van der Waals surface area contributed by atoms with Crippen LogP contribution in [0.5, 0.6) is 0 Å². The van der Waals surface area contributed by atoms with Crippen molar-refractivity contribution in [2.24, 2.45) is 0 Å². The van der Waals surface area contributed by atoms with Crippen LogP contribution in [0, 0.1) is 0 Å². The minimum atomic E-state index is -3.99. The molecule has 0 radical (unpaired) electrons. The van der Waals surface area contributed by atoms with Crippen molar-refractivity contribution in [1.29, 1.82) is 0 Å². The van der Waals surface area contributed by atoms with Gasteiger partial charge in [0.15, 0.2) is 0 Å². The summed E-state index contributed by atoms with van der Waals surface area (Å²) < 4.78 is 28.0. The summed E-state index contributed by atoms with van der Waals surface area (Å²) in [5.74, 6) is -0.733. The highest BCUT2D eigenvalue weighted by Crippen LogP contribution is 2.19. The Bertz CT molecular complexity index is 1150. The number of nitrogens with one attached hydrogen (secondary N) is 3. The van der Waals surface area contributed by atoms with Gasteiger partial charge < -0.3 is 10.6 Å². The van der Waals surface area contributed by atoms with E-state index in [1.54, 1.807) is 55.6 Å². The van der Waals surface area contributed by atoms with Gasteiger partial charge in [-0.25, -0.2) is 8.42 Å². The van der Waals surface area contributed by atoms with Crippen LogP contribution >= 0.6 is 0 Å². The lowest BCUT2D eigenvalue weighted by molar-refractivity contribution is 0.0943. The van der Waals surface area contributed by atoms with E-state index < -0.39 is 15.9 Å². The number of rotatable bonds is 7. The minimum absolute atomic E-state index is 0.0240. The first-order valence-corrected chi connectivity index (χ1v) is 10.5. The third kappa shape index (κ3) is 5.00.